The molecule has 0 aliphatic rings. The average molecular weight is 533 g/mol. The van der Waals surface area contributed by atoms with E-state index >= 15 is 0 Å². The maximum atomic E-state index is 14.0. The van der Waals surface area contributed by atoms with Crippen LogP contribution in [0.2, 0.25) is 0 Å². The Balaban J connectivity index is 2.33. The van der Waals surface area contributed by atoms with Crippen molar-refractivity contribution in [1.29, 1.82) is 0 Å². The minimum absolute atomic E-state index is 0.173. The van der Waals surface area contributed by atoms with Crippen LogP contribution < -0.4 is 14.9 Å². The summed E-state index contributed by atoms with van der Waals surface area (Å²) in [6.45, 7) is 4.14. The lowest BCUT2D eigenvalue weighted by Crippen LogP contribution is -2.45. The van der Waals surface area contributed by atoms with E-state index in [1.54, 1.807) is 60.6 Å². The third-order valence-corrected chi connectivity index (χ3v) is 7.43. The van der Waals surface area contributed by atoms with Crippen LogP contribution in [0.1, 0.15) is 24.3 Å². The quantitative estimate of drug-likeness (QED) is 0.225. The summed E-state index contributed by atoms with van der Waals surface area (Å²) < 4.78 is 27.8. The molecule has 2 N–H and O–H groups in total. The molecule has 0 aliphatic carbocycles. The second-order valence-corrected chi connectivity index (χ2v) is 10.6. The maximum Gasteiger partial charge on any atom is 0.419 e. The van der Waals surface area contributed by atoms with E-state index < -0.39 is 25.6 Å². The lowest BCUT2D eigenvalue weighted by molar-refractivity contribution is -0.144. The molecule has 2 unspecified atom stereocenters. The van der Waals surface area contributed by atoms with Gasteiger partial charge in [0.2, 0.25) is 0 Å². The van der Waals surface area contributed by atoms with Gasteiger partial charge in [-0.05, 0) is 24.1 Å². The van der Waals surface area contributed by atoms with Gasteiger partial charge in [-0.3, -0.25) is 9.88 Å². The molecule has 0 aliphatic heterocycles. The van der Waals surface area contributed by atoms with Crippen molar-refractivity contribution in [3.63, 3.8) is 0 Å². The van der Waals surface area contributed by atoms with Gasteiger partial charge in [0.1, 0.15) is 17.5 Å². The van der Waals surface area contributed by atoms with Gasteiger partial charge >= 0.3 is 13.6 Å². The molecule has 1 aromatic heterocycles. The largest absolute Gasteiger partial charge is 0.467 e. The molecule has 9 nitrogen and oxygen atoms in total. The van der Waals surface area contributed by atoms with Crippen molar-refractivity contribution in [2.24, 2.45) is 13.0 Å². The number of nitrogens with one attached hydrogen (secondary N) is 2. The fraction of sp³-hybridized carbons (Fsp3) is 0.455. The zero-order valence-corrected chi connectivity index (χ0v) is 22.1. The van der Waals surface area contributed by atoms with Gasteiger partial charge in [0.15, 0.2) is 0 Å². The second-order valence-electron chi connectivity index (χ2n) is 7.81. The highest BCUT2D eigenvalue weighted by Crippen LogP contribution is 2.50. The Labute approximate surface area is 210 Å². The summed E-state index contributed by atoms with van der Waals surface area (Å²) in [6, 6.07) is 9.47. The number of anilines is 1. The highest BCUT2D eigenvalue weighted by atomic mass is 35.5. The van der Waals surface area contributed by atoms with Crippen molar-refractivity contribution in [3.05, 3.63) is 48.3 Å². The van der Waals surface area contributed by atoms with Crippen molar-refractivity contribution in [2.45, 2.75) is 19.9 Å². The normalized spacial score (nSPS) is 13.9. The molecule has 0 saturated heterocycles. The molecule has 1 aromatic carbocycles. The number of aryl methyl sites for hydroxylation is 1. The predicted octanol–water partition coefficient (Wildman–Crippen LogP) is 4.33. The third-order valence-electron chi connectivity index (χ3n) is 4.95. The first-order chi connectivity index (χ1) is 16.1. The summed E-state index contributed by atoms with van der Waals surface area (Å²) >= 11 is 11.9. The molecule has 0 saturated carbocycles. The van der Waals surface area contributed by atoms with Crippen LogP contribution in [-0.4, -0.2) is 59.1 Å². The number of halogens is 2. The van der Waals surface area contributed by atoms with Gasteiger partial charge in [0.05, 0.1) is 12.8 Å². The number of hydrogen-bond donors (Lipinski definition) is 2. The number of ether oxygens (including phenoxy) is 1. The van der Waals surface area contributed by atoms with E-state index in [9.17, 15) is 14.2 Å². The minimum atomic E-state index is -3.71. The van der Waals surface area contributed by atoms with Crippen LogP contribution in [0.3, 0.4) is 0 Å². The molecule has 0 spiro atoms. The molecule has 2 atom stereocenters. The summed E-state index contributed by atoms with van der Waals surface area (Å²) in [6.07, 6.45) is 1.61. The van der Waals surface area contributed by atoms with Gasteiger partial charge in [-0.25, -0.2) is 14.0 Å². The Morgan fingerprint density at radius 3 is 2.29 bits per heavy atom. The summed E-state index contributed by atoms with van der Waals surface area (Å²) in [4.78, 5) is 24.9. The molecule has 34 heavy (non-hydrogen) atoms. The van der Waals surface area contributed by atoms with E-state index in [2.05, 4.69) is 10.4 Å². The Morgan fingerprint density at radius 2 is 1.76 bits per heavy atom. The van der Waals surface area contributed by atoms with Gasteiger partial charge in [-0.15, -0.1) is 23.2 Å². The van der Waals surface area contributed by atoms with Crippen LogP contribution in [0.15, 0.2) is 42.6 Å². The van der Waals surface area contributed by atoms with E-state index in [1.165, 1.54) is 13.2 Å². The van der Waals surface area contributed by atoms with E-state index in [4.69, 9.17) is 32.5 Å². The molecule has 2 aromatic rings. The first-order valence-corrected chi connectivity index (χ1v) is 13.3. The summed E-state index contributed by atoms with van der Waals surface area (Å²) in [5.74, 6) is -0.348. The first-order valence-electron chi connectivity index (χ1n) is 10.7. The van der Waals surface area contributed by atoms with Crippen LogP contribution >= 0.6 is 30.9 Å². The average Bonchev–Trinajstić information content (AvgIpc) is 3.16. The lowest BCUT2D eigenvalue weighted by Gasteiger charge is -2.30. The number of rotatable bonds is 13. The Bertz CT molecular complexity index is 996. The van der Waals surface area contributed by atoms with Gasteiger partial charge < -0.3 is 19.1 Å². The van der Waals surface area contributed by atoms with Crippen LogP contribution in [0.5, 0.6) is 5.75 Å². The van der Waals surface area contributed by atoms with Crippen LogP contribution in [-0.2, 0) is 21.1 Å². The number of nitrogens with zero attached hydrogens (tertiary/aromatic N) is 2. The number of esters is 1. The van der Waals surface area contributed by atoms with E-state index in [-0.39, 0.29) is 36.5 Å². The fourth-order valence-corrected chi connectivity index (χ4v) is 5.73. The molecular weight excluding hydrogens is 502 g/mol. The number of carbonyl (C=O) groups excluding carboxylic acids is 2. The van der Waals surface area contributed by atoms with Crippen LogP contribution in [0.25, 0.3) is 0 Å². The van der Waals surface area contributed by atoms with E-state index in [0.717, 1.165) is 0 Å². The first kappa shape index (κ1) is 28.1. The number of carbonyl (C=O) groups is 2. The smallest absolute Gasteiger partial charge is 0.419 e. The molecule has 1 heterocycles. The zero-order valence-electron chi connectivity index (χ0n) is 19.7. The molecule has 2 rings (SSSR count). The molecule has 12 heteroatoms. The van der Waals surface area contributed by atoms with E-state index in [1.807, 2.05) is 6.07 Å². The number of amides is 1. The third kappa shape index (κ3) is 7.40. The monoisotopic (exact) mass is 532 g/mol. The number of aromatic nitrogens is 1. The standard InChI is InChI=1S/C22H31Cl2N4O5P/c1-16(2)20(22(30)32-4)25-21(29)19-14-17(15-27(19)3)26-34(31,28(12-10-23)13-11-24)33-18-8-6-5-7-9-18/h5-9,14-16,20H,10-13H2,1-4H3,(H,25,29)(H,26,31). The summed E-state index contributed by atoms with van der Waals surface area (Å²) in [5, 5.41) is 5.65. The van der Waals surface area contributed by atoms with Gasteiger partial charge in [0, 0.05) is 38.1 Å². The predicted molar refractivity (Wildman–Crippen MR) is 135 cm³/mol. The number of para-hydroxylation sites is 1. The van der Waals surface area contributed by atoms with Gasteiger partial charge in [0.25, 0.3) is 5.91 Å². The number of hydrogen-bond acceptors (Lipinski definition) is 5. The van der Waals surface area contributed by atoms with Crippen molar-refractivity contribution in [3.8, 4) is 5.75 Å². The minimum Gasteiger partial charge on any atom is -0.467 e. The van der Waals surface area contributed by atoms with Gasteiger partial charge in [-0.2, -0.15) is 0 Å². The molecule has 1 amide bonds. The molecule has 0 radical (unpaired) electrons. The number of benzene rings is 1. The molecule has 188 valence electrons. The molecule has 0 bridgehead atoms. The van der Waals surface area contributed by atoms with Crippen molar-refractivity contribution in [2.75, 3.05) is 37.0 Å². The zero-order chi connectivity index (χ0) is 25.3. The van der Waals surface area contributed by atoms with E-state index in [0.29, 0.717) is 11.4 Å². The van der Waals surface area contributed by atoms with Crippen molar-refractivity contribution >= 4 is 48.4 Å². The summed E-state index contributed by atoms with van der Waals surface area (Å²) in [5.41, 5.74) is 0.643. The fourth-order valence-electron chi connectivity index (χ4n) is 3.20. The number of alkyl halides is 2. The topological polar surface area (TPSA) is 102 Å². The lowest BCUT2D eigenvalue weighted by atomic mass is 10.0. The van der Waals surface area contributed by atoms with Crippen molar-refractivity contribution in [1.82, 2.24) is 14.6 Å². The molecular formula is C22H31Cl2N4O5P. The highest BCUT2D eigenvalue weighted by molar-refractivity contribution is 7.58. The van der Waals surface area contributed by atoms with Crippen molar-refractivity contribution < 1.29 is 23.4 Å². The summed E-state index contributed by atoms with van der Waals surface area (Å²) in [7, 11) is -0.774. The highest BCUT2D eigenvalue weighted by Gasteiger charge is 2.34. The van der Waals surface area contributed by atoms with Crippen LogP contribution in [0, 0.1) is 5.92 Å². The molecule has 0 fully saturated rings. The maximum absolute atomic E-state index is 14.0. The van der Waals surface area contributed by atoms with Gasteiger partial charge in [-0.1, -0.05) is 32.0 Å². The SMILES string of the molecule is COC(=O)C(NC(=O)c1cc(NP(=O)(Oc2ccccc2)N(CCCl)CCCl)cn1C)C(C)C. The Hall–Kier alpha value is -2.19. The van der Waals surface area contributed by atoms with Crippen LogP contribution in [0.4, 0.5) is 5.69 Å². The second kappa shape index (κ2) is 13.0. The Kier molecular flexibility index (Phi) is 10.8. The number of methoxy groups -OCH3 is 1. The Morgan fingerprint density at radius 1 is 1.15 bits per heavy atom.